The molecule has 0 N–H and O–H groups in total. The van der Waals surface area contributed by atoms with Crippen molar-refractivity contribution in [1.82, 2.24) is 4.90 Å². The molecule has 2 saturated heterocycles. The van der Waals surface area contributed by atoms with Crippen LogP contribution in [-0.4, -0.2) is 37.1 Å². The second-order valence-corrected chi connectivity index (χ2v) is 3.76. The largest absolute Gasteiger partial charge is 0.465 e. The van der Waals surface area contributed by atoms with E-state index in [1.54, 1.807) is 0 Å². The van der Waals surface area contributed by atoms with Crippen molar-refractivity contribution in [2.75, 3.05) is 26.2 Å². The first-order valence-electron chi connectivity index (χ1n) is 4.72. The van der Waals surface area contributed by atoms with Crippen molar-refractivity contribution in [3.05, 3.63) is 0 Å². The summed E-state index contributed by atoms with van der Waals surface area (Å²) >= 11 is 0. The van der Waals surface area contributed by atoms with Gasteiger partial charge in [-0.2, -0.15) is 0 Å². The molecular weight excluding hydrogens is 154 g/mol. The molecule has 68 valence electrons. The van der Waals surface area contributed by atoms with Crippen LogP contribution < -0.4 is 0 Å². The predicted octanol–water partition coefficient (Wildman–Crippen LogP) is 0.645. The molecule has 0 spiro atoms. The number of likely N-dealkylation sites (tertiary alicyclic amines) is 1. The van der Waals surface area contributed by atoms with E-state index in [1.165, 1.54) is 25.9 Å². The fourth-order valence-electron chi connectivity index (χ4n) is 2.01. The first kappa shape index (κ1) is 8.05. The molecule has 1 unspecified atom stereocenters. The molecular formula is C9H15NO2. The number of carbonyl (C=O) groups excluding carboxylic acids is 1. The van der Waals surface area contributed by atoms with Crippen LogP contribution in [0.2, 0.25) is 0 Å². The fourth-order valence-corrected chi connectivity index (χ4v) is 2.01. The molecule has 12 heavy (non-hydrogen) atoms. The van der Waals surface area contributed by atoms with Crippen molar-refractivity contribution in [3.8, 4) is 0 Å². The molecule has 3 heteroatoms. The van der Waals surface area contributed by atoms with Crippen molar-refractivity contribution in [2.24, 2.45) is 5.92 Å². The zero-order valence-electron chi connectivity index (χ0n) is 7.29. The summed E-state index contributed by atoms with van der Waals surface area (Å²) in [4.78, 5) is 13.2. The van der Waals surface area contributed by atoms with Gasteiger partial charge < -0.3 is 9.64 Å². The molecule has 0 aliphatic carbocycles. The average molecular weight is 169 g/mol. The highest BCUT2D eigenvalue weighted by Crippen LogP contribution is 2.17. The van der Waals surface area contributed by atoms with Gasteiger partial charge in [0, 0.05) is 12.5 Å². The molecule has 2 aliphatic rings. The number of esters is 1. The van der Waals surface area contributed by atoms with Crippen LogP contribution in [0.5, 0.6) is 0 Å². The van der Waals surface area contributed by atoms with Crippen molar-refractivity contribution < 1.29 is 9.53 Å². The summed E-state index contributed by atoms with van der Waals surface area (Å²) in [5, 5.41) is 0. The van der Waals surface area contributed by atoms with Gasteiger partial charge >= 0.3 is 5.97 Å². The Bertz CT molecular complexity index is 175. The maximum atomic E-state index is 10.8. The van der Waals surface area contributed by atoms with Crippen LogP contribution in [0.3, 0.4) is 0 Å². The third-order valence-electron chi connectivity index (χ3n) is 2.65. The van der Waals surface area contributed by atoms with Gasteiger partial charge in [0.1, 0.15) is 0 Å². The van der Waals surface area contributed by atoms with E-state index < -0.39 is 0 Å². The molecule has 0 aromatic rings. The standard InChI is InChI=1S/C9H15NO2/c11-9-5-8(7-12-9)6-10-3-1-2-4-10/h8H,1-7H2. The molecule has 0 aromatic carbocycles. The van der Waals surface area contributed by atoms with Crippen LogP contribution in [0.1, 0.15) is 19.3 Å². The van der Waals surface area contributed by atoms with Crippen LogP contribution in [0.15, 0.2) is 0 Å². The lowest BCUT2D eigenvalue weighted by Crippen LogP contribution is -2.26. The SMILES string of the molecule is O=C1CC(CN2CCCC2)CO1. The lowest BCUT2D eigenvalue weighted by Gasteiger charge is -2.17. The second-order valence-electron chi connectivity index (χ2n) is 3.76. The maximum Gasteiger partial charge on any atom is 0.306 e. The van der Waals surface area contributed by atoms with Crippen LogP contribution in [-0.2, 0) is 9.53 Å². The summed E-state index contributed by atoms with van der Waals surface area (Å²) in [7, 11) is 0. The molecule has 0 amide bonds. The van der Waals surface area contributed by atoms with Crippen LogP contribution >= 0.6 is 0 Å². The van der Waals surface area contributed by atoms with Gasteiger partial charge in [-0.05, 0) is 25.9 Å². The number of carbonyl (C=O) groups is 1. The Kier molecular flexibility index (Phi) is 2.30. The lowest BCUT2D eigenvalue weighted by atomic mass is 10.1. The van der Waals surface area contributed by atoms with Crippen molar-refractivity contribution in [2.45, 2.75) is 19.3 Å². The number of rotatable bonds is 2. The highest BCUT2D eigenvalue weighted by Gasteiger charge is 2.26. The van der Waals surface area contributed by atoms with Crippen LogP contribution in [0, 0.1) is 5.92 Å². The molecule has 1 atom stereocenters. The Balaban J connectivity index is 1.75. The molecule has 0 bridgehead atoms. The van der Waals surface area contributed by atoms with Gasteiger partial charge in [0.25, 0.3) is 0 Å². The molecule has 0 radical (unpaired) electrons. The number of nitrogens with zero attached hydrogens (tertiary/aromatic N) is 1. The Morgan fingerprint density at radius 1 is 1.42 bits per heavy atom. The summed E-state index contributed by atoms with van der Waals surface area (Å²) < 4.78 is 4.91. The van der Waals surface area contributed by atoms with E-state index >= 15 is 0 Å². The van der Waals surface area contributed by atoms with Gasteiger partial charge in [-0.1, -0.05) is 0 Å². The summed E-state index contributed by atoms with van der Waals surface area (Å²) in [6.45, 7) is 4.14. The zero-order valence-corrected chi connectivity index (χ0v) is 7.29. The molecule has 2 rings (SSSR count). The Morgan fingerprint density at radius 2 is 2.17 bits per heavy atom. The molecule has 3 nitrogen and oxygen atoms in total. The van der Waals surface area contributed by atoms with Crippen molar-refractivity contribution >= 4 is 5.97 Å². The van der Waals surface area contributed by atoms with Gasteiger partial charge in [0.15, 0.2) is 0 Å². The average Bonchev–Trinajstić information content (AvgIpc) is 2.63. The molecule has 0 saturated carbocycles. The highest BCUT2D eigenvalue weighted by molar-refractivity contribution is 5.71. The monoisotopic (exact) mass is 169 g/mol. The Morgan fingerprint density at radius 3 is 2.75 bits per heavy atom. The van der Waals surface area contributed by atoms with E-state index in [0.29, 0.717) is 18.9 Å². The van der Waals surface area contributed by atoms with Gasteiger partial charge in [-0.25, -0.2) is 0 Å². The number of hydrogen-bond donors (Lipinski definition) is 0. The first-order valence-corrected chi connectivity index (χ1v) is 4.72. The topological polar surface area (TPSA) is 29.5 Å². The lowest BCUT2D eigenvalue weighted by molar-refractivity contribution is -0.137. The summed E-state index contributed by atoms with van der Waals surface area (Å²) in [6.07, 6.45) is 3.28. The molecule has 2 fully saturated rings. The Labute approximate surface area is 72.7 Å². The summed E-state index contributed by atoms with van der Waals surface area (Å²) in [6, 6.07) is 0. The summed E-state index contributed by atoms with van der Waals surface area (Å²) in [5.41, 5.74) is 0. The van der Waals surface area contributed by atoms with Gasteiger partial charge in [0.2, 0.25) is 0 Å². The van der Waals surface area contributed by atoms with Gasteiger partial charge in [0.05, 0.1) is 13.0 Å². The first-order chi connectivity index (χ1) is 5.84. The Hall–Kier alpha value is -0.570. The fraction of sp³-hybridized carbons (Fsp3) is 0.889. The normalized spacial score (nSPS) is 31.0. The third kappa shape index (κ3) is 1.78. The van der Waals surface area contributed by atoms with E-state index in [2.05, 4.69) is 4.90 Å². The number of hydrogen-bond acceptors (Lipinski definition) is 3. The van der Waals surface area contributed by atoms with Crippen molar-refractivity contribution in [1.29, 1.82) is 0 Å². The highest BCUT2D eigenvalue weighted by atomic mass is 16.5. The summed E-state index contributed by atoms with van der Waals surface area (Å²) in [5.74, 6) is 0.454. The maximum absolute atomic E-state index is 10.8. The minimum atomic E-state index is -0.0146. The van der Waals surface area contributed by atoms with Crippen LogP contribution in [0.25, 0.3) is 0 Å². The van der Waals surface area contributed by atoms with Crippen LogP contribution in [0.4, 0.5) is 0 Å². The minimum absolute atomic E-state index is 0.0146. The van der Waals surface area contributed by atoms with E-state index in [1.807, 2.05) is 0 Å². The van der Waals surface area contributed by atoms with E-state index in [9.17, 15) is 4.79 Å². The zero-order chi connectivity index (χ0) is 8.39. The predicted molar refractivity (Wildman–Crippen MR) is 44.7 cm³/mol. The van der Waals surface area contributed by atoms with E-state index in [4.69, 9.17) is 4.74 Å². The minimum Gasteiger partial charge on any atom is -0.465 e. The molecule has 2 heterocycles. The van der Waals surface area contributed by atoms with Gasteiger partial charge in [-0.15, -0.1) is 0 Å². The van der Waals surface area contributed by atoms with E-state index in [-0.39, 0.29) is 5.97 Å². The number of cyclic esters (lactones) is 1. The number of ether oxygens (including phenoxy) is 1. The van der Waals surface area contributed by atoms with Gasteiger partial charge in [-0.3, -0.25) is 4.79 Å². The van der Waals surface area contributed by atoms with E-state index in [0.717, 1.165) is 6.54 Å². The van der Waals surface area contributed by atoms with Crippen molar-refractivity contribution in [3.63, 3.8) is 0 Å². The smallest absolute Gasteiger partial charge is 0.306 e. The molecule has 2 aliphatic heterocycles. The molecule has 0 aromatic heterocycles. The quantitative estimate of drug-likeness (QED) is 0.568. The second kappa shape index (κ2) is 3.44. The third-order valence-corrected chi connectivity index (χ3v) is 2.65.